The van der Waals surface area contributed by atoms with E-state index in [9.17, 15) is 9.59 Å². The highest BCUT2D eigenvalue weighted by molar-refractivity contribution is 6.35. The Kier molecular flexibility index (Phi) is 6.87. The Labute approximate surface area is 179 Å². The zero-order chi connectivity index (χ0) is 21.0. The molecule has 8 heteroatoms. The number of rotatable bonds is 5. The standard InChI is InChI=1S/C21H22Cl2N2O4/c1-14-3-4-15(11-19(14)28-2)21(27)25-9-7-24(8-10-25)20(26)13-29-18-6-5-16(22)12-17(18)23/h3-6,11-12H,7-10,13H2,1-2H3. The number of benzene rings is 2. The second kappa shape index (κ2) is 9.37. The third-order valence-electron chi connectivity index (χ3n) is 4.82. The van der Waals surface area contributed by atoms with Crippen molar-refractivity contribution >= 4 is 35.0 Å². The summed E-state index contributed by atoms with van der Waals surface area (Å²) in [5, 5.41) is 0.856. The maximum atomic E-state index is 12.7. The van der Waals surface area contributed by atoms with E-state index < -0.39 is 0 Å². The highest BCUT2D eigenvalue weighted by Crippen LogP contribution is 2.27. The molecule has 0 unspecified atom stereocenters. The Bertz CT molecular complexity index is 912. The summed E-state index contributed by atoms with van der Waals surface area (Å²) in [4.78, 5) is 28.6. The van der Waals surface area contributed by atoms with Gasteiger partial charge in [-0.15, -0.1) is 0 Å². The highest BCUT2D eigenvalue weighted by Gasteiger charge is 2.25. The molecule has 0 spiro atoms. The number of hydrogen-bond donors (Lipinski definition) is 0. The SMILES string of the molecule is COc1cc(C(=O)N2CCN(C(=O)COc3ccc(Cl)cc3Cl)CC2)ccc1C. The molecule has 2 aromatic carbocycles. The van der Waals surface area contributed by atoms with E-state index in [0.717, 1.165) is 5.56 Å². The van der Waals surface area contributed by atoms with Gasteiger partial charge in [0.05, 0.1) is 12.1 Å². The van der Waals surface area contributed by atoms with Gasteiger partial charge in [-0.2, -0.15) is 0 Å². The summed E-state index contributed by atoms with van der Waals surface area (Å²) in [7, 11) is 1.58. The predicted octanol–water partition coefficient (Wildman–Crippen LogP) is 3.67. The van der Waals surface area contributed by atoms with Crippen molar-refractivity contribution in [1.29, 1.82) is 0 Å². The number of nitrogens with zero attached hydrogens (tertiary/aromatic N) is 2. The van der Waals surface area contributed by atoms with Crippen molar-refractivity contribution in [3.63, 3.8) is 0 Å². The molecule has 1 saturated heterocycles. The van der Waals surface area contributed by atoms with Crippen LogP contribution in [-0.2, 0) is 4.79 Å². The molecule has 0 saturated carbocycles. The minimum atomic E-state index is -0.153. The molecular formula is C21H22Cl2N2O4. The van der Waals surface area contributed by atoms with Crippen LogP contribution in [0.25, 0.3) is 0 Å². The number of ether oxygens (including phenoxy) is 2. The molecule has 6 nitrogen and oxygen atoms in total. The number of aryl methyl sites for hydroxylation is 1. The summed E-state index contributed by atoms with van der Waals surface area (Å²) in [5.41, 5.74) is 1.55. The molecule has 0 N–H and O–H groups in total. The summed E-state index contributed by atoms with van der Waals surface area (Å²) in [6, 6.07) is 10.3. The molecule has 1 aliphatic rings. The fourth-order valence-corrected chi connectivity index (χ4v) is 3.58. The van der Waals surface area contributed by atoms with E-state index in [1.54, 1.807) is 47.2 Å². The van der Waals surface area contributed by atoms with Crippen molar-refractivity contribution in [2.24, 2.45) is 0 Å². The summed E-state index contributed by atoms with van der Waals surface area (Å²) >= 11 is 11.9. The lowest BCUT2D eigenvalue weighted by Gasteiger charge is -2.34. The first-order valence-corrected chi connectivity index (χ1v) is 9.94. The monoisotopic (exact) mass is 436 g/mol. The first-order valence-electron chi connectivity index (χ1n) is 9.18. The van der Waals surface area contributed by atoms with Gasteiger partial charge in [-0.1, -0.05) is 29.3 Å². The second-order valence-corrected chi connectivity index (χ2v) is 7.56. The number of amides is 2. The number of methoxy groups -OCH3 is 1. The van der Waals surface area contributed by atoms with Crippen LogP contribution in [-0.4, -0.2) is 61.5 Å². The highest BCUT2D eigenvalue weighted by atomic mass is 35.5. The van der Waals surface area contributed by atoms with Gasteiger partial charge in [0, 0.05) is 36.8 Å². The van der Waals surface area contributed by atoms with Gasteiger partial charge in [0.15, 0.2) is 6.61 Å². The first-order chi connectivity index (χ1) is 13.9. The number of carbonyl (C=O) groups excluding carboxylic acids is 2. The van der Waals surface area contributed by atoms with Crippen molar-refractivity contribution in [3.05, 3.63) is 57.6 Å². The zero-order valence-electron chi connectivity index (χ0n) is 16.3. The second-order valence-electron chi connectivity index (χ2n) is 6.72. The molecule has 154 valence electrons. The smallest absolute Gasteiger partial charge is 0.260 e. The molecule has 0 bridgehead atoms. The molecule has 29 heavy (non-hydrogen) atoms. The van der Waals surface area contributed by atoms with Crippen molar-refractivity contribution in [1.82, 2.24) is 9.80 Å². The number of piperazine rings is 1. The van der Waals surface area contributed by atoms with Crippen LogP contribution in [0.1, 0.15) is 15.9 Å². The van der Waals surface area contributed by atoms with E-state index in [4.69, 9.17) is 32.7 Å². The van der Waals surface area contributed by atoms with Gasteiger partial charge < -0.3 is 19.3 Å². The van der Waals surface area contributed by atoms with Gasteiger partial charge in [-0.25, -0.2) is 0 Å². The maximum Gasteiger partial charge on any atom is 0.260 e. The van der Waals surface area contributed by atoms with Crippen molar-refractivity contribution < 1.29 is 19.1 Å². The van der Waals surface area contributed by atoms with Crippen LogP contribution in [0.5, 0.6) is 11.5 Å². The van der Waals surface area contributed by atoms with Crippen LogP contribution >= 0.6 is 23.2 Å². The van der Waals surface area contributed by atoms with Crippen molar-refractivity contribution in [2.75, 3.05) is 39.9 Å². The van der Waals surface area contributed by atoms with Crippen molar-refractivity contribution in [2.45, 2.75) is 6.92 Å². The quantitative estimate of drug-likeness (QED) is 0.717. The van der Waals surface area contributed by atoms with Gasteiger partial charge in [0.1, 0.15) is 11.5 Å². The van der Waals surface area contributed by atoms with E-state index in [2.05, 4.69) is 0 Å². The lowest BCUT2D eigenvalue weighted by molar-refractivity contribution is -0.134. The van der Waals surface area contributed by atoms with Gasteiger partial charge in [-0.05, 0) is 42.8 Å². The van der Waals surface area contributed by atoms with Crippen LogP contribution in [0.2, 0.25) is 10.0 Å². The molecule has 2 amide bonds. The van der Waals surface area contributed by atoms with E-state index >= 15 is 0 Å². The van der Waals surface area contributed by atoms with Gasteiger partial charge >= 0.3 is 0 Å². The summed E-state index contributed by atoms with van der Waals surface area (Å²) in [6.45, 7) is 3.63. The summed E-state index contributed by atoms with van der Waals surface area (Å²) in [6.07, 6.45) is 0. The Balaban J connectivity index is 1.53. The normalized spacial score (nSPS) is 13.9. The van der Waals surface area contributed by atoms with Crippen LogP contribution in [0.15, 0.2) is 36.4 Å². The number of hydrogen-bond acceptors (Lipinski definition) is 4. The molecule has 0 aliphatic carbocycles. The Morgan fingerprint density at radius 3 is 2.31 bits per heavy atom. The molecule has 2 aromatic rings. The van der Waals surface area contributed by atoms with Crippen LogP contribution in [0.3, 0.4) is 0 Å². The molecule has 0 radical (unpaired) electrons. The fraction of sp³-hybridized carbons (Fsp3) is 0.333. The van der Waals surface area contributed by atoms with Gasteiger partial charge in [-0.3, -0.25) is 9.59 Å². The Morgan fingerprint density at radius 2 is 1.66 bits per heavy atom. The largest absolute Gasteiger partial charge is 0.496 e. The van der Waals surface area contributed by atoms with Crippen LogP contribution in [0.4, 0.5) is 0 Å². The maximum absolute atomic E-state index is 12.7. The number of carbonyl (C=O) groups is 2. The minimum Gasteiger partial charge on any atom is -0.496 e. The lowest BCUT2D eigenvalue weighted by atomic mass is 10.1. The predicted molar refractivity (Wildman–Crippen MR) is 112 cm³/mol. The average Bonchev–Trinajstić information content (AvgIpc) is 2.73. The van der Waals surface area contributed by atoms with Gasteiger partial charge in [0.2, 0.25) is 0 Å². The Morgan fingerprint density at radius 1 is 0.966 bits per heavy atom. The molecular weight excluding hydrogens is 415 g/mol. The van der Waals surface area contributed by atoms with E-state index in [0.29, 0.717) is 53.3 Å². The third-order valence-corrected chi connectivity index (χ3v) is 5.35. The molecule has 0 aromatic heterocycles. The molecule has 3 rings (SSSR count). The fourth-order valence-electron chi connectivity index (χ4n) is 3.12. The topological polar surface area (TPSA) is 59.1 Å². The Hall–Kier alpha value is -2.44. The lowest BCUT2D eigenvalue weighted by Crippen LogP contribution is -2.51. The summed E-state index contributed by atoms with van der Waals surface area (Å²) < 4.78 is 10.8. The van der Waals surface area contributed by atoms with E-state index in [1.807, 2.05) is 13.0 Å². The van der Waals surface area contributed by atoms with Crippen LogP contribution in [0, 0.1) is 6.92 Å². The molecule has 1 aliphatic heterocycles. The molecule has 0 atom stereocenters. The van der Waals surface area contributed by atoms with E-state index in [1.165, 1.54) is 0 Å². The van der Waals surface area contributed by atoms with E-state index in [-0.39, 0.29) is 18.4 Å². The van der Waals surface area contributed by atoms with Crippen molar-refractivity contribution in [3.8, 4) is 11.5 Å². The molecule has 1 fully saturated rings. The van der Waals surface area contributed by atoms with Crippen LogP contribution < -0.4 is 9.47 Å². The zero-order valence-corrected chi connectivity index (χ0v) is 17.8. The summed E-state index contributed by atoms with van der Waals surface area (Å²) in [5.74, 6) is 0.869. The molecule has 1 heterocycles. The average molecular weight is 437 g/mol. The number of halogens is 2. The minimum absolute atomic E-state index is 0.0698. The van der Waals surface area contributed by atoms with Gasteiger partial charge in [0.25, 0.3) is 11.8 Å². The third kappa shape index (κ3) is 5.14. The first kappa shape index (κ1) is 21.3.